The molecule has 2 saturated heterocycles. The van der Waals surface area contributed by atoms with Crippen molar-refractivity contribution < 1.29 is 4.79 Å². The monoisotopic (exact) mass is 288 g/mol. The van der Waals surface area contributed by atoms with E-state index in [4.69, 9.17) is 5.73 Å². The van der Waals surface area contributed by atoms with E-state index in [1.165, 1.54) is 12.8 Å². The highest BCUT2D eigenvalue weighted by atomic mass is 16.1. The lowest BCUT2D eigenvalue weighted by molar-refractivity contribution is 0.0999. The number of piperidine rings is 1. The summed E-state index contributed by atoms with van der Waals surface area (Å²) in [5, 5.41) is 3.66. The Labute approximate surface area is 125 Å². The van der Waals surface area contributed by atoms with Crippen LogP contribution in [-0.2, 0) is 0 Å². The number of amides is 1. The zero-order valence-electron chi connectivity index (χ0n) is 13.0. The second kappa shape index (κ2) is 5.30. The summed E-state index contributed by atoms with van der Waals surface area (Å²) in [6.07, 6.45) is 4.80. The maximum Gasteiger partial charge on any atom is 0.252 e. The number of nitrogens with zero attached hydrogens (tertiary/aromatic N) is 2. The van der Waals surface area contributed by atoms with Crippen LogP contribution >= 0.6 is 0 Å². The Hall–Kier alpha value is -1.62. The molecule has 1 aromatic heterocycles. The molecule has 2 fully saturated rings. The fourth-order valence-corrected chi connectivity index (χ4v) is 3.93. The van der Waals surface area contributed by atoms with Crippen LogP contribution in [0.2, 0.25) is 0 Å². The van der Waals surface area contributed by atoms with Crippen LogP contribution in [-0.4, -0.2) is 36.1 Å². The second-order valence-electron chi connectivity index (χ2n) is 6.48. The average molecular weight is 288 g/mol. The molecule has 2 unspecified atom stereocenters. The SMILES string of the molecule is Cc1cc(N(C)C2CC3CCC(C2)N3)c(C(N)=O)c(C)n1. The van der Waals surface area contributed by atoms with Crippen LogP contribution in [0, 0.1) is 13.8 Å². The standard InChI is InChI=1S/C16H24N4O/c1-9-6-14(15(16(17)21)10(2)18-9)20(3)13-7-11-4-5-12(8-13)19-11/h6,11-13,19H,4-5,7-8H2,1-3H3,(H2,17,21). The van der Waals surface area contributed by atoms with Crippen LogP contribution in [0.4, 0.5) is 5.69 Å². The highest BCUT2D eigenvalue weighted by molar-refractivity contribution is 5.99. The molecule has 1 aromatic rings. The van der Waals surface area contributed by atoms with Crippen molar-refractivity contribution in [2.75, 3.05) is 11.9 Å². The molecule has 5 heteroatoms. The minimum Gasteiger partial charge on any atom is -0.371 e. The molecule has 3 N–H and O–H groups in total. The van der Waals surface area contributed by atoms with Gasteiger partial charge in [0.2, 0.25) is 0 Å². The van der Waals surface area contributed by atoms with Crippen LogP contribution in [0.1, 0.15) is 47.4 Å². The summed E-state index contributed by atoms with van der Waals surface area (Å²) in [4.78, 5) is 18.5. The number of carbonyl (C=O) groups excluding carboxylic acids is 1. The number of aromatic nitrogens is 1. The normalized spacial score (nSPS) is 27.7. The molecule has 2 aliphatic rings. The van der Waals surface area contributed by atoms with Crippen LogP contribution in [0.15, 0.2) is 6.07 Å². The number of primary amides is 1. The number of nitrogens with two attached hydrogens (primary N) is 1. The van der Waals surface area contributed by atoms with Crippen molar-refractivity contribution in [3.63, 3.8) is 0 Å². The summed E-state index contributed by atoms with van der Waals surface area (Å²) < 4.78 is 0. The number of pyridine rings is 1. The molecule has 0 aliphatic carbocycles. The van der Waals surface area contributed by atoms with Gasteiger partial charge < -0.3 is 16.0 Å². The third-order valence-electron chi connectivity index (χ3n) is 4.93. The van der Waals surface area contributed by atoms with E-state index in [0.717, 1.165) is 29.9 Å². The van der Waals surface area contributed by atoms with Gasteiger partial charge in [-0.25, -0.2) is 0 Å². The summed E-state index contributed by atoms with van der Waals surface area (Å²) in [6.45, 7) is 3.82. The van der Waals surface area contributed by atoms with Crippen molar-refractivity contribution in [1.82, 2.24) is 10.3 Å². The van der Waals surface area contributed by atoms with E-state index in [9.17, 15) is 4.79 Å². The predicted molar refractivity (Wildman–Crippen MR) is 83.6 cm³/mol. The van der Waals surface area contributed by atoms with Crippen LogP contribution < -0.4 is 16.0 Å². The fourth-order valence-electron chi connectivity index (χ4n) is 3.93. The Morgan fingerprint density at radius 3 is 2.52 bits per heavy atom. The third kappa shape index (κ3) is 2.62. The Morgan fingerprint density at radius 1 is 1.33 bits per heavy atom. The van der Waals surface area contributed by atoms with Crippen molar-refractivity contribution in [3.8, 4) is 0 Å². The molecule has 5 nitrogen and oxygen atoms in total. The van der Waals surface area contributed by atoms with E-state index in [-0.39, 0.29) is 0 Å². The highest BCUT2D eigenvalue weighted by Crippen LogP contribution is 2.33. The lowest BCUT2D eigenvalue weighted by Crippen LogP contribution is -2.47. The highest BCUT2D eigenvalue weighted by Gasteiger charge is 2.36. The minimum absolute atomic E-state index is 0.390. The first-order chi connectivity index (χ1) is 9.95. The smallest absolute Gasteiger partial charge is 0.252 e. The molecule has 1 amide bonds. The summed E-state index contributed by atoms with van der Waals surface area (Å²) in [6, 6.07) is 3.69. The number of carbonyl (C=O) groups is 1. The Bertz CT molecular complexity index is 560. The van der Waals surface area contributed by atoms with Crippen LogP contribution in [0.25, 0.3) is 0 Å². The van der Waals surface area contributed by atoms with Gasteiger partial charge in [-0.1, -0.05) is 0 Å². The number of fused-ring (bicyclic) bond motifs is 2. The summed E-state index contributed by atoms with van der Waals surface area (Å²) in [7, 11) is 2.08. The lowest BCUT2D eigenvalue weighted by Gasteiger charge is -2.37. The van der Waals surface area contributed by atoms with Gasteiger partial charge in [0, 0.05) is 30.9 Å². The largest absolute Gasteiger partial charge is 0.371 e. The summed E-state index contributed by atoms with van der Waals surface area (Å²) in [5.74, 6) is -0.390. The van der Waals surface area contributed by atoms with E-state index >= 15 is 0 Å². The first kappa shape index (κ1) is 14.3. The maximum atomic E-state index is 11.8. The molecule has 2 atom stereocenters. The number of aryl methyl sites for hydroxylation is 2. The van der Waals surface area contributed by atoms with Crippen LogP contribution in [0.3, 0.4) is 0 Å². The first-order valence-electron chi connectivity index (χ1n) is 7.72. The van der Waals surface area contributed by atoms with Gasteiger partial charge in [-0.3, -0.25) is 9.78 Å². The van der Waals surface area contributed by atoms with Crippen molar-refractivity contribution in [1.29, 1.82) is 0 Å². The van der Waals surface area contributed by atoms with Gasteiger partial charge in [0.25, 0.3) is 5.91 Å². The molecule has 0 radical (unpaired) electrons. The molecule has 114 valence electrons. The van der Waals surface area contributed by atoms with Crippen molar-refractivity contribution in [2.45, 2.75) is 57.7 Å². The van der Waals surface area contributed by atoms with Crippen molar-refractivity contribution >= 4 is 11.6 Å². The molecule has 21 heavy (non-hydrogen) atoms. The van der Waals surface area contributed by atoms with Crippen LogP contribution in [0.5, 0.6) is 0 Å². The quantitative estimate of drug-likeness (QED) is 0.884. The Morgan fingerprint density at radius 2 is 1.95 bits per heavy atom. The maximum absolute atomic E-state index is 11.8. The number of hydrogen-bond acceptors (Lipinski definition) is 4. The molecule has 0 spiro atoms. The fraction of sp³-hybridized carbons (Fsp3) is 0.625. The first-order valence-corrected chi connectivity index (χ1v) is 7.72. The van der Waals surface area contributed by atoms with Crippen molar-refractivity contribution in [2.24, 2.45) is 5.73 Å². The average Bonchev–Trinajstić information content (AvgIpc) is 2.75. The molecule has 0 saturated carbocycles. The van der Waals surface area contributed by atoms with E-state index in [1.54, 1.807) is 0 Å². The number of hydrogen-bond donors (Lipinski definition) is 2. The molecular formula is C16H24N4O. The molecule has 2 bridgehead atoms. The zero-order chi connectivity index (χ0) is 15.1. The Balaban J connectivity index is 1.94. The van der Waals surface area contributed by atoms with Gasteiger partial charge >= 0.3 is 0 Å². The molecule has 3 rings (SSSR count). The van der Waals surface area contributed by atoms with E-state index in [1.807, 2.05) is 19.9 Å². The number of rotatable bonds is 3. The van der Waals surface area contributed by atoms with Gasteiger partial charge in [0.15, 0.2) is 0 Å². The van der Waals surface area contributed by atoms with Gasteiger partial charge in [-0.2, -0.15) is 0 Å². The minimum atomic E-state index is -0.390. The van der Waals surface area contributed by atoms with Gasteiger partial charge in [-0.05, 0) is 45.6 Å². The predicted octanol–water partition coefficient (Wildman–Crippen LogP) is 1.52. The zero-order valence-corrected chi connectivity index (χ0v) is 13.0. The Kier molecular flexibility index (Phi) is 3.61. The second-order valence-corrected chi connectivity index (χ2v) is 6.48. The summed E-state index contributed by atoms with van der Waals surface area (Å²) >= 11 is 0. The topological polar surface area (TPSA) is 71.2 Å². The van der Waals surface area contributed by atoms with E-state index in [0.29, 0.717) is 23.7 Å². The summed E-state index contributed by atoms with van der Waals surface area (Å²) in [5.41, 5.74) is 8.73. The van der Waals surface area contributed by atoms with Gasteiger partial charge in [-0.15, -0.1) is 0 Å². The molecule has 0 aromatic carbocycles. The molecule has 3 heterocycles. The lowest BCUT2D eigenvalue weighted by atomic mass is 9.97. The van der Waals surface area contributed by atoms with Gasteiger partial charge in [0.05, 0.1) is 16.9 Å². The van der Waals surface area contributed by atoms with E-state index in [2.05, 4.69) is 22.2 Å². The third-order valence-corrected chi connectivity index (χ3v) is 4.93. The number of anilines is 1. The van der Waals surface area contributed by atoms with Crippen molar-refractivity contribution in [3.05, 3.63) is 23.0 Å². The number of nitrogens with one attached hydrogen (secondary N) is 1. The molecular weight excluding hydrogens is 264 g/mol. The molecule has 2 aliphatic heterocycles. The van der Waals surface area contributed by atoms with Gasteiger partial charge in [0.1, 0.15) is 0 Å². The van der Waals surface area contributed by atoms with E-state index < -0.39 is 5.91 Å².